The van der Waals surface area contributed by atoms with E-state index < -0.39 is 0 Å². The maximum absolute atomic E-state index is 3.80. The summed E-state index contributed by atoms with van der Waals surface area (Å²) in [6.45, 7) is 8.30. The highest BCUT2D eigenvalue weighted by Crippen LogP contribution is 2.43. The summed E-state index contributed by atoms with van der Waals surface area (Å²) in [6, 6.07) is 11.5. The minimum Gasteiger partial charge on any atom is -0.311 e. The molecule has 2 atom stereocenters. The fraction of sp³-hybridized carbons (Fsp3) is 0.647. The Hall–Kier alpha value is -0.860. The van der Waals surface area contributed by atoms with Crippen molar-refractivity contribution < 1.29 is 0 Å². The molecule has 1 aromatic rings. The largest absolute Gasteiger partial charge is 0.311 e. The van der Waals surface area contributed by atoms with Crippen LogP contribution >= 0.6 is 0 Å². The van der Waals surface area contributed by atoms with Gasteiger partial charge in [0.05, 0.1) is 0 Å². The number of nitrogens with zero attached hydrogens (tertiary/aromatic N) is 1. The highest BCUT2D eigenvalue weighted by atomic mass is 15.3. The Morgan fingerprint density at radius 1 is 1.26 bits per heavy atom. The van der Waals surface area contributed by atoms with Crippen molar-refractivity contribution in [3.05, 3.63) is 35.9 Å². The topological polar surface area (TPSA) is 15.3 Å². The zero-order valence-corrected chi connectivity index (χ0v) is 12.2. The van der Waals surface area contributed by atoms with Gasteiger partial charge in [-0.25, -0.2) is 0 Å². The molecule has 2 nitrogen and oxygen atoms in total. The van der Waals surface area contributed by atoms with E-state index in [0.717, 1.165) is 18.9 Å². The van der Waals surface area contributed by atoms with Gasteiger partial charge < -0.3 is 5.32 Å². The van der Waals surface area contributed by atoms with Crippen molar-refractivity contribution >= 4 is 0 Å². The van der Waals surface area contributed by atoms with E-state index in [9.17, 15) is 0 Å². The second-order valence-corrected chi connectivity index (χ2v) is 6.44. The smallest absolute Gasteiger partial charge is 0.0334 e. The number of hydrogen-bond acceptors (Lipinski definition) is 2. The summed E-state index contributed by atoms with van der Waals surface area (Å²) in [6.07, 6.45) is 4.01. The van der Waals surface area contributed by atoms with Crippen LogP contribution in [-0.4, -0.2) is 36.1 Å². The van der Waals surface area contributed by atoms with Crippen LogP contribution in [0.15, 0.2) is 30.3 Å². The number of rotatable bonds is 4. The van der Waals surface area contributed by atoms with Crippen LogP contribution in [0.2, 0.25) is 0 Å². The van der Waals surface area contributed by atoms with Gasteiger partial charge in [-0.2, -0.15) is 0 Å². The first kappa shape index (κ1) is 13.1. The molecule has 1 saturated heterocycles. The molecule has 0 spiro atoms. The van der Waals surface area contributed by atoms with E-state index in [2.05, 4.69) is 54.4 Å². The van der Waals surface area contributed by atoms with Crippen molar-refractivity contribution in [3.63, 3.8) is 0 Å². The Balaban J connectivity index is 1.64. The molecule has 0 amide bonds. The summed E-state index contributed by atoms with van der Waals surface area (Å²) in [5.74, 6) is 0.928. The molecule has 0 bridgehead atoms. The first-order chi connectivity index (χ1) is 9.22. The molecule has 2 heteroatoms. The van der Waals surface area contributed by atoms with Crippen molar-refractivity contribution in [1.29, 1.82) is 0 Å². The van der Waals surface area contributed by atoms with Crippen molar-refractivity contribution in [2.45, 2.75) is 44.7 Å². The summed E-state index contributed by atoms with van der Waals surface area (Å²) in [7, 11) is 0. The molecule has 0 radical (unpaired) electrons. The van der Waals surface area contributed by atoms with Crippen molar-refractivity contribution in [2.75, 3.05) is 19.6 Å². The summed E-state index contributed by atoms with van der Waals surface area (Å²) in [4.78, 5) is 2.72. The summed E-state index contributed by atoms with van der Waals surface area (Å²) in [5, 5.41) is 3.80. The third kappa shape index (κ3) is 2.70. The summed E-state index contributed by atoms with van der Waals surface area (Å²) in [5.41, 5.74) is 1.85. The van der Waals surface area contributed by atoms with Crippen LogP contribution in [0.5, 0.6) is 0 Å². The van der Waals surface area contributed by atoms with Gasteiger partial charge in [-0.15, -0.1) is 0 Å². The lowest BCUT2D eigenvalue weighted by molar-refractivity contribution is 0.0400. The number of piperazine rings is 1. The number of hydrogen-bond donors (Lipinski definition) is 1. The van der Waals surface area contributed by atoms with E-state index in [1.807, 2.05) is 0 Å². The molecule has 1 aromatic carbocycles. The maximum Gasteiger partial charge on any atom is 0.0334 e. The van der Waals surface area contributed by atoms with Crippen LogP contribution in [-0.2, 0) is 6.42 Å². The van der Waals surface area contributed by atoms with Crippen molar-refractivity contribution in [2.24, 2.45) is 5.92 Å². The molecular weight excluding hydrogens is 232 g/mol. The average molecular weight is 258 g/mol. The van der Waals surface area contributed by atoms with Gasteiger partial charge in [0.2, 0.25) is 0 Å². The molecule has 1 saturated carbocycles. The molecule has 3 rings (SSSR count). The third-order valence-electron chi connectivity index (χ3n) is 5.08. The van der Waals surface area contributed by atoms with E-state index in [1.165, 1.54) is 31.5 Å². The second kappa shape index (κ2) is 5.26. The number of nitrogens with one attached hydrogen (secondary N) is 1. The molecule has 2 aliphatic rings. The van der Waals surface area contributed by atoms with Gasteiger partial charge >= 0.3 is 0 Å². The molecular formula is C17H26N2. The summed E-state index contributed by atoms with van der Waals surface area (Å²) < 4.78 is 0. The van der Waals surface area contributed by atoms with E-state index in [-0.39, 0.29) is 0 Å². The predicted octanol–water partition coefficient (Wildman–Crippen LogP) is 2.69. The van der Waals surface area contributed by atoms with Gasteiger partial charge in [0, 0.05) is 24.7 Å². The van der Waals surface area contributed by atoms with Gasteiger partial charge in [0.15, 0.2) is 0 Å². The minimum atomic E-state index is 0.405. The highest BCUT2D eigenvalue weighted by molar-refractivity contribution is 5.17. The number of benzene rings is 1. The zero-order chi connectivity index (χ0) is 13.3. The first-order valence-corrected chi connectivity index (χ1v) is 7.74. The first-order valence-electron chi connectivity index (χ1n) is 7.74. The Bertz CT molecular complexity index is 413. The van der Waals surface area contributed by atoms with Crippen LogP contribution in [0, 0.1) is 5.92 Å². The lowest BCUT2D eigenvalue weighted by atomic mass is 9.88. The van der Waals surface area contributed by atoms with Crippen molar-refractivity contribution in [3.8, 4) is 0 Å². The van der Waals surface area contributed by atoms with Gasteiger partial charge in [-0.3, -0.25) is 4.90 Å². The fourth-order valence-corrected chi connectivity index (χ4v) is 3.64. The van der Waals surface area contributed by atoms with Gasteiger partial charge in [-0.05, 0) is 44.2 Å². The average Bonchev–Trinajstić information content (AvgIpc) is 3.27. The van der Waals surface area contributed by atoms with Crippen LogP contribution in [0.3, 0.4) is 0 Å². The standard InChI is InChI=1S/C17H26N2/c1-3-19-12-16(11-14-7-5-4-6-8-14)18-13-17(19,2)15-9-10-15/h4-8,15-16,18H,3,9-13H2,1-2H3. The molecule has 2 fully saturated rings. The minimum absolute atomic E-state index is 0.405. The van der Waals surface area contributed by atoms with Gasteiger partial charge in [0.25, 0.3) is 0 Å². The zero-order valence-electron chi connectivity index (χ0n) is 12.2. The van der Waals surface area contributed by atoms with Gasteiger partial charge in [0.1, 0.15) is 0 Å². The third-order valence-corrected chi connectivity index (χ3v) is 5.08. The van der Waals surface area contributed by atoms with E-state index >= 15 is 0 Å². The summed E-state index contributed by atoms with van der Waals surface area (Å²) >= 11 is 0. The van der Waals surface area contributed by atoms with E-state index in [0.29, 0.717) is 11.6 Å². The fourth-order valence-electron chi connectivity index (χ4n) is 3.64. The molecule has 1 N–H and O–H groups in total. The monoisotopic (exact) mass is 258 g/mol. The molecule has 1 heterocycles. The molecule has 0 aromatic heterocycles. The number of likely N-dealkylation sites (N-methyl/N-ethyl adjacent to an activating group) is 1. The molecule has 1 aliphatic carbocycles. The highest BCUT2D eigenvalue weighted by Gasteiger charge is 2.47. The van der Waals surface area contributed by atoms with Crippen LogP contribution in [0.1, 0.15) is 32.3 Å². The van der Waals surface area contributed by atoms with E-state index in [1.54, 1.807) is 0 Å². The lowest BCUT2D eigenvalue weighted by Gasteiger charge is -2.48. The normalized spacial score (nSPS) is 32.4. The maximum atomic E-state index is 3.80. The molecule has 104 valence electrons. The quantitative estimate of drug-likeness (QED) is 0.893. The Morgan fingerprint density at radius 2 is 2.00 bits per heavy atom. The van der Waals surface area contributed by atoms with Crippen LogP contribution in [0.25, 0.3) is 0 Å². The SMILES string of the molecule is CCN1CC(Cc2ccccc2)NCC1(C)C1CC1. The lowest BCUT2D eigenvalue weighted by Crippen LogP contribution is -2.64. The van der Waals surface area contributed by atoms with Crippen LogP contribution in [0.4, 0.5) is 0 Å². The molecule has 2 unspecified atom stereocenters. The van der Waals surface area contributed by atoms with E-state index in [4.69, 9.17) is 0 Å². The van der Waals surface area contributed by atoms with Gasteiger partial charge in [-0.1, -0.05) is 37.3 Å². The molecule has 1 aliphatic heterocycles. The second-order valence-electron chi connectivity index (χ2n) is 6.44. The predicted molar refractivity (Wildman–Crippen MR) is 80.3 cm³/mol. The van der Waals surface area contributed by atoms with Crippen molar-refractivity contribution in [1.82, 2.24) is 10.2 Å². The Morgan fingerprint density at radius 3 is 2.63 bits per heavy atom. The Labute approximate surface area is 117 Å². The van der Waals surface area contributed by atoms with Crippen LogP contribution < -0.4 is 5.32 Å². The molecule has 19 heavy (non-hydrogen) atoms. The Kier molecular flexibility index (Phi) is 3.64.